The van der Waals surface area contributed by atoms with Crippen molar-refractivity contribution in [3.8, 4) is 0 Å². The van der Waals surface area contributed by atoms with Gasteiger partial charge in [-0.2, -0.15) is 0 Å². The Morgan fingerprint density at radius 1 is 1.31 bits per heavy atom. The molecule has 0 radical (unpaired) electrons. The van der Waals surface area contributed by atoms with Gasteiger partial charge in [-0.05, 0) is 30.7 Å². The van der Waals surface area contributed by atoms with Crippen LogP contribution in [0.4, 0.5) is 0 Å². The van der Waals surface area contributed by atoms with Crippen molar-refractivity contribution in [3.63, 3.8) is 0 Å². The number of likely N-dealkylation sites (N-methyl/N-ethyl adjacent to an activating group) is 1. The summed E-state index contributed by atoms with van der Waals surface area (Å²) < 4.78 is 5.22. The van der Waals surface area contributed by atoms with Gasteiger partial charge in [-0.3, -0.25) is 0 Å². The number of methoxy groups -OCH3 is 1. The van der Waals surface area contributed by atoms with E-state index in [-0.39, 0.29) is 0 Å². The zero-order valence-corrected chi connectivity index (χ0v) is 10.9. The minimum Gasteiger partial charge on any atom is -0.384 e. The maximum absolute atomic E-state index is 5.89. The summed E-state index contributed by atoms with van der Waals surface area (Å²) in [5.74, 6) is 0.945. The smallest absolute Gasteiger partial charge is 0.0494 e. The third kappa shape index (κ3) is 3.78. The van der Waals surface area contributed by atoms with Crippen molar-refractivity contribution in [2.45, 2.75) is 12.8 Å². The molecule has 0 bridgehead atoms. The number of nitrogens with one attached hydrogen (secondary N) is 1. The molecule has 0 aliphatic rings. The molecule has 90 valence electrons. The zero-order valence-electron chi connectivity index (χ0n) is 10.2. The Morgan fingerprint density at radius 3 is 2.44 bits per heavy atom. The molecule has 0 saturated heterocycles. The van der Waals surface area contributed by atoms with Crippen molar-refractivity contribution in [1.82, 2.24) is 5.32 Å². The SMILES string of the molecule is CNCC(c1ccc(Cl)cc1)C(C)COC. The lowest BCUT2D eigenvalue weighted by molar-refractivity contribution is 0.146. The highest BCUT2D eigenvalue weighted by Crippen LogP contribution is 2.25. The summed E-state index contributed by atoms with van der Waals surface area (Å²) in [7, 11) is 3.72. The largest absolute Gasteiger partial charge is 0.384 e. The molecule has 0 heterocycles. The van der Waals surface area contributed by atoms with Gasteiger partial charge in [-0.1, -0.05) is 30.7 Å². The fourth-order valence-corrected chi connectivity index (χ4v) is 2.08. The first-order chi connectivity index (χ1) is 7.69. The number of benzene rings is 1. The zero-order chi connectivity index (χ0) is 12.0. The van der Waals surface area contributed by atoms with Gasteiger partial charge in [0.25, 0.3) is 0 Å². The molecular weight excluding hydrogens is 222 g/mol. The van der Waals surface area contributed by atoms with E-state index in [2.05, 4.69) is 24.4 Å². The molecule has 16 heavy (non-hydrogen) atoms. The second-order valence-corrected chi connectivity index (χ2v) is 4.58. The number of hydrogen-bond acceptors (Lipinski definition) is 2. The number of ether oxygens (including phenoxy) is 1. The van der Waals surface area contributed by atoms with E-state index in [4.69, 9.17) is 16.3 Å². The fraction of sp³-hybridized carbons (Fsp3) is 0.538. The van der Waals surface area contributed by atoms with Crippen molar-refractivity contribution < 1.29 is 4.74 Å². The Balaban J connectivity index is 2.79. The fourth-order valence-electron chi connectivity index (χ4n) is 1.96. The molecule has 1 aromatic carbocycles. The van der Waals surface area contributed by atoms with Crippen LogP contribution in [0, 0.1) is 5.92 Å². The van der Waals surface area contributed by atoms with Gasteiger partial charge >= 0.3 is 0 Å². The summed E-state index contributed by atoms with van der Waals surface area (Å²) in [6.45, 7) is 3.93. The van der Waals surface area contributed by atoms with Gasteiger partial charge < -0.3 is 10.1 Å². The Labute approximate surface area is 103 Å². The van der Waals surface area contributed by atoms with E-state index in [9.17, 15) is 0 Å². The predicted molar refractivity (Wildman–Crippen MR) is 69.2 cm³/mol. The Kier molecular flexibility index (Phi) is 5.81. The summed E-state index contributed by atoms with van der Waals surface area (Å²) in [6.07, 6.45) is 0. The third-order valence-electron chi connectivity index (χ3n) is 2.84. The number of halogens is 1. The van der Waals surface area contributed by atoms with Crippen LogP contribution in [0.15, 0.2) is 24.3 Å². The van der Waals surface area contributed by atoms with Gasteiger partial charge in [0, 0.05) is 31.2 Å². The van der Waals surface area contributed by atoms with Gasteiger partial charge in [0.05, 0.1) is 0 Å². The normalized spacial score (nSPS) is 14.8. The topological polar surface area (TPSA) is 21.3 Å². The monoisotopic (exact) mass is 241 g/mol. The van der Waals surface area contributed by atoms with Crippen LogP contribution >= 0.6 is 11.6 Å². The van der Waals surface area contributed by atoms with Crippen molar-refractivity contribution >= 4 is 11.6 Å². The van der Waals surface area contributed by atoms with Crippen molar-refractivity contribution in [2.75, 3.05) is 27.3 Å². The van der Waals surface area contributed by atoms with Crippen LogP contribution < -0.4 is 5.32 Å². The van der Waals surface area contributed by atoms with Crippen molar-refractivity contribution in [2.24, 2.45) is 5.92 Å². The molecule has 1 N–H and O–H groups in total. The minimum absolute atomic E-state index is 0.460. The predicted octanol–water partition coefficient (Wildman–Crippen LogP) is 2.93. The molecule has 0 fully saturated rings. The summed E-state index contributed by atoms with van der Waals surface area (Å²) in [5, 5.41) is 4.02. The molecule has 0 aliphatic carbocycles. The van der Waals surface area contributed by atoms with E-state index < -0.39 is 0 Å². The van der Waals surface area contributed by atoms with Gasteiger partial charge in [0.15, 0.2) is 0 Å². The molecule has 1 rings (SSSR count). The Hall–Kier alpha value is -0.570. The second kappa shape index (κ2) is 6.89. The average Bonchev–Trinajstić information content (AvgIpc) is 2.28. The standard InChI is InChI=1S/C13H20ClNO/c1-10(9-16-3)13(8-15-2)11-4-6-12(14)7-5-11/h4-7,10,13,15H,8-9H2,1-3H3. The maximum Gasteiger partial charge on any atom is 0.0494 e. The maximum atomic E-state index is 5.89. The van der Waals surface area contributed by atoms with Gasteiger partial charge in [0.2, 0.25) is 0 Å². The van der Waals surface area contributed by atoms with Crippen LogP contribution in [0.3, 0.4) is 0 Å². The molecule has 0 spiro atoms. The first kappa shape index (κ1) is 13.5. The first-order valence-corrected chi connectivity index (χ1v) is 5.95. The molecule has 2 nitrogen and oxygen atoms in total. The molecule has 0 saturated carbocycles. The van der Waals surface area contributed by atoms with Gasteiger partial charge in [0.1, 0.15) is 0 Å². The van der Waals surface area contributed by atoms with E-state index in [1.807, 2.05) is 19.2 Å². The quantitative estimate of drug-likeness (QED) is 0.827. The molecule has 0 amide bonds. The molecule has 3 heteroatoms. The van der Waals surface area contributed by atoms with Crippen molar-refractivity contribution in [1.29, 1.82) is 0 Å². The van der Waals surface area contributed by atoms with Crippen LogP contribution in [0.2, 0.25) is 5.02 Å². The van der Waals surface area contributed by atoms with E-state index in [1.54, 1.807) is 7.11 Å². The molecule has 2 atom stereocenters. The van der Waals surface area contributed by atoms with Crippen LogP contribution in [0.25, 0.3) is 0 Å². The minimum atomic E-state index is 0.460. The molecule has 1 aromatic rings. The molecule has 2 unspecified atom stereocenters. The molecule has 0 aliphatic heterocycles. The molecular formula is C13H20ClNO. The van der Waals surface area contributed by atoms with E-state index >= 15 is 0 Å². The second-order valence-electron chi connectivity index (χ2n) is 4.15. The lowest BCUT2D eigenvalue weighted by Crippen LogP contribution is -2.25. The van der Waals surface area contributed by atoms with Gasteiger partial charge in [-0.15, -0.1) is 0 Å². The third-order valence-corrected chi connectivity index (χ3v) is 3.09. The summed E-state index contributed by atoms with van der Waals surface area (Å²) in [5.41, 5.74) is 1.31. The Bertz CT molecular complexity index is 299. The highest BCUT2D eigenvalue weighted by molar-refractivity contribution is 6.30. The van der Waals surface area contributed by atoms with E-state index in [0.29, 0.717) is 11.8 Å². The van der Waals surface area contributed by atoms with E-state index in [0.717, 1.165) is 18.2 Å². The van der Waals surface area contributed by atoms with E-state index in [1.165, 1.54) is 5.56 Å². The molecule has 0 aromatic heterocycles. The number of rotatable bonds is 6. The van der Waals surface area contributed by atoms with Crippen LogP contribution in [-0.4, -0.2) is 27.3 Å². The van der Waals surface area contributed by atoms with Crippen molar-refractivity contribution in [3.05, 3.63) is 34.9 Å². The number of hydrogen-bond donors (Lipinski definition) is 1. The average molecular weight is 242 g/mol. The van der Waals surface area contributed by atoms with Crippen LogP contribution in [0.5, 0.6) is 0 Å². The summed E-state index contributed by atoms with van der Waals surface area (Å²) in [4.78, 5) is 0. The highest BCUT2D eigenvalue weighted by Gasteiger charge is 2.18. The first-order valence-electron chi connectivity index (χ1n) is 5.58. The van der Waals surface area contributed by atoms with Gasteiger partial charge in [-0.25, -0.2) is 0 Å². The lowest BCUT2D eigenvalue weighted by atomic mass is 9.87. The van der Waals surface area contributed by atoms with Crippen LogP contribution in [-0.2, 0) is 4.74 Å². The van der Waals surface area contributed by atoms with Crippen LogP contribution in [0.1, 0.15) is 18.4 Å². The lowest BCUT2D eigenvalue weighted by Gasteiger charge is -2.23. The summed E-state index contributed by atoms with van der Waals surface area (Å²) >= 11 is 5.89. The highest BCUT2D eigenvalue weighted by atomic mass is 35.5. The Morgan fingerprint density at radius 2 is 1.94 bits per heavy atom. The summed E-state index contributed by atoms with van der Waals surface area (Å²) in [6, 6.07) is 8.07.